The Kier molecular flexibility index (Phi) is 4.73. The number of halogens is 1. The molecule has 0 spiro atoms. The van der Waals surface area contributed by atoms with Gasteiger partial charge < -0.3 is 0 Å². The Morgan fingerprint density at radius 1 is 1.32 bits per heavy atom. The third-order valence-electron chi connectivity index (χ3n) is 3.45. The molecule has 0 aliphatic heterocycles. The molecule has 1 aromatic heterocycles. The quantitative estimate of drug-likeness (QED) is 0.318. The van der Waals surface area contributed by atoms with Crippen molar-refractivity contribution >= 4 is 35.7 Å². The molecule has 0 fully saturated rings. The van der Waals surface area contributed by atoms with E-state index in [1.54, 1.807) is 6.07 Å². The number of nitro benzene ring substituents is 1. The third-order valence-corrected chi connectivity index (χ3v) is 4.03. The molecule has 0 radical (unpaired) electrons. The molecular formula is C16H12ClN5O2S. The minimum absolute atomic E-state index is 0.0717. The van der Waals surface area contributed by atoms with E-state index < -0.39 is 4.92 Å². The SMILES string of the molecule is Cc1ccc(-c2n[nH]c(=S)n2/N=C\c2ccc(Cl)c([N+](=O)[O-])c2)cc1. The molecule has 0 unspecified atom stereocenters. The Morgan fingerprint density at radius 3 is 2.72 bits per heavy atom. The van der Waals surface area contributed by atoms with E-state index in [0.717, 1.165) is 11.1 Å². The summed E-state index contributed by atoms with van der Waals surface area (Å²) in [5.41, 5.74) is 2.31. The molecule has 126 valence electrons. The van der Waals surface area contributed by atoms with Crippen LogP contribution in [0.2, 0.25) is 5.02 Å². The standard InChI is InChI=1S/C16H12ClN5O2S/c1-10-2-5-12(6-3-10)15-19-20-16(25)21(15)18-9-11-4-7-13(17)14(8-11)22(23)24/h2-9H,1H3,(H,20,25)/b18-9-. The Bertz CT molecular complexity index is 1020. The van der Waals surface area contributed by atoms with E-state index in [9.17, 15) is 10.1 Å². The predicted molar refractivity (Wildman–Crippen MR) is 98.7 cm³/mol. The Labute approximate surface area is 152 Å². The zero-order chi connectivity index (χ0) is 18.0. The van der Waals surface area contributed by atoms with Crippen LogP contribution in [0.5, 0.6) is 0 Å². The van der Waals surface area contributed by atoms with Gasteiger partial charge in [0.25, 0.3) is 5.69 Å². The van der Waals surface area contributed by atoms with Crippen molar-refractivity contribution in [3.8, 4) is 11.4 Å². The van der Waals surface area contributed by atoms with Crippen LogP contribution in [0.3, 0.4) is 0 Å². The van der Waals surface area contributed by atoms with Crippen LogP contribution < -0.4 is 0 Å². The Hall–Kier alpha value is -2.84. The minimum Gasteiger partial charge on any atom is -0.258 e. The van der Waals surface area contributed by atoms with Crippen LogP contribution in [-0.2, 0) is 0 Å². The van der Waals surface area contributed by atoms with E-state index in [2.05, 4.69) is 15.3 Å². The molecule has 25 heavy (non-hydrogen) atoms. The minimum atomic E-state index is -0.541. The Morgan fingerprint density at radius 2 is 2.04 bits per heavy atom. The van der Waals surface area contributed by atoms with E-state index in [4.69, 9.17) is 23.8 Å². The summed E-state index contributed by atoms with van der Waals surface area (Å²) in [6.07, 6.45) is 1.46. The van der Waals surface area contributed by atoms with Crippen molar-refractivity contribution in [2.45, 2.75) is 6.92 Å². The van der Waals surface area contributed by atoms with E-state index in [-0.39, 0.29) is 10.7 Å². The monoisotopic (exact) mass is 373 g/mol. The molecule has 0 amide bonds. The highest BCUT2D eigenvalue weighted by Gasteiger charge is 2.12. The number of hydrogen-bond donors (Lipinski definition) is 1. The molecule has 1 heterocycles. The fraction of sp³-hybridized carbons (Fsp3) is 0.0625. The van der Waals surface area contributed by atoms with E-state index >= 15 is 0 Å². The molecule has 7 nitrogen and oxygen atoms in total. The van der Waals surface area contributed by atoms with Gasteiger partial charge in [-0.05, 0) is 25.2 Å². The van der Waals surface area contributed by atoms with Crippen LogP contribution >= 0.6 is 23.8 Å². The van der Waals surface area contributed by atoms with Crippen LogP contribution in [0.4, 0.5) is 5.69 Å². The number of nitro groups is 1. The summed E-state index contributed by atoms with van der Waals surface area (Å²) >= 11 is 11.0. The topological polar surface area (TPSA) is 89.1 Å². The van der Waals surface area contributed by atoms with Gasteiger partial charge in [0.2, 0.25) is 4.77 Å². The molecule has 0 saturated carbocycles. The second-order valence-electron chi connectivity index (χ2n) is 5.24. The van der Waals surface area contributed by atoms with Gasteiger partial charge in [-0.3, -0.25) is 10.1 Å². The average molecular weight is 374 g/mol. The number of aromatic amines is 1. The van der Waals surface area contributed by atoms with E-state index in [1.807, 2.05) is 31.2 Å². The van der Waals surface area contributed by atoms with Crippen molar-refractivity contribution in [3.05, 3.63) is 73.5 Å². The molecule has 2 aromatic carbocycles. The van der Waals surface area contributed by atoms with Gasteiger partial charge >= 0.3 is 0 Å². The molecule has 0 saturated heterocycles. The number of benzene rings is 2. The van der Waals surface area contributed by atoms with Gasteiger partial charge in [0.05, 0.1) is 11.1 Å². The van der Waals surface area contributed by atoms with Crippen LogP contribution in [0.1, 0.15) is 11.1 Å². The number of rotatable bonds is 4. The summed E-state index contributed by atoms with van der Waals surface area (Å²) in [7, 11) is 0. The molecule has 0 atom stereocenters. The second kappa shape index (κ2) is 6.96. The fourth-order valence-corrected chi connectivity index (χ4v) is 2.53. The van der Waals surface area contributed by atoms with E-state index in [1.165, 1.54) is 23.0 Å². The number of aromatic nitrogens is 3. The largest absolute Gasteiger partial charge is 0.288 e. The molecule has 1 N–H and O–H groups in total. The maximum atomic E-state index is 11.0. The first-order valence-electron chi connectivity index (χ1n) is 7.18. The number of nitrogens with one attached hydrogen (secondary N) is 1. The summed E-state index contributed by atoms with van der Waals surface area (Å²) in [6.45, 7) is 1.99. The summed E-state index contributed by atoms with van der Waals surface area (Å²) in [5.74, 6) is 0.546. The highest BCUT2D eigenvalue weighted by atomic mass is 35.5. The molecule has 9 heteroatoms. The number of aryl methyl sites for hydroxylation is 1. The second-order valence-corrected chi connectivity index (χ2v) is 6.04. The van der Waals surface area contributed by atoms with Gasteiger partial charge in [0.1, 0.15) is 5.02 Å². The normalized spacial score (nSPS) is 11.1. The zero-order valence-electron chi connectivity index (χ0n) is 13.0. The molecule has 0 aliphatic carbocycles. The van der Waals surface area contributed by atoms with Gasteiger partial charge in [0.15, 0.2) is 5.82 Å². The number of H-pyrrole nitrogens is 1. The first-order valence-corrected chi connectivity index (χ1v) is 7.97. The lowest BCUT2D eigenvalue weighted by Crippen LogP contribution is -1.96. The fourth-order valence-electron chi connectivity index (χ4n) is 2.16. The average Bonchev–Trinajstić information content (AvgIpc) is 2.95. The van der Waals surface area contributed by atoms with Gasteiger partial charge in [-0.15, -0.1) is 0 Å². The van der Waals surface area contributed by atoms with Gasteiger partial charge in [-0.2, -0.15) is 14.9 Å². The predicted octanol–water partition coefficient (Wildman–Crippen LogP) is 4.36. The van der Waals surface area contributed by atoms with Crippen LogP contribution in [-0.4, -0.2) is 26.0 Å². The van der Waals surface area contributed by atoms with Crippen molar-refractivity contribution in [3.63, 3.8) is 0 Å². The molecule has 0 aliphatic rings. The molecule has 3 aromatic rings. The summed E-state index contributed by atoms with van der Waals surface area (Å²) in [5, 5.41) is 22.2. The molecule has 3 rings (SSSR count). The zero-order valence-corrected chi connectivity index (χ0v) is 14.6. The van der Waals surface area contributed by atoms with Crippen molar-refractivity contribution in [1.82, 2.24) is 14.9 Å². The first kappa shape index (κ1) is 17.0. The first-order chi connectivity index (χ1) is 12.0. The summed E-state index contributed by atoms with van der Waals surface area (Å²) < 4.78 is 1.77. The lowest BCUT2D eigenvalue weighted by molar-refractivity contribution is -0.384. The van der Waals surface area contributed by atoms with Crippen molar-refractivity contribution in [2.75, 3.05) is 0 Å². The third kappa shape index (κ3) is 3.65. The van der Waals surface area contributed by atoms with Crippen LogP contribution in [0.25, 0.3) is 11.4 Å². The number of nitrogens with zero attached hydrogens (tertiary/aromatic N) is 4. The maximum Gasteiger partial charge on any atom is 0.288 e. The van der Waals surface area contributed by atoms with Crippen LogP contribution in [0, 0.1) is 21.8 Å². The smallest absolute Gasteiger partial charge is 0.258 e. The Balaban J connectivity index is 1.99. The molecular weight excluding hydrogens is 362 g/mol. The van der Waals surface area contributed by atoms with Gasteiger partial charge in [-0.25, -0.2) is 5.10 Å². The van der Waals surface area contributed by atoms with Gasteiger partial charge in [-0.1, -0.05) is 47.5 Å². The summed E-state index contributed by atoms with van der Waals surface area (Å²) in [6, 6.07) is 12.2. The van der Waals surface area contributed by atoms with Crippen LogP contribution in [0.15, 0.2) is 47.6 Å². The highest BCUT2D eigenvalue weighted by Crippen LogP contribution is 2.24. The van der Waals surface area contributed by atoms with E-state index in [0.29, 0.717) is 16.2 Å². The summed E-state index contributed by atoms with van der Waals surface area (Å²) in [4.78, 5) is 10.4. The van der Waals surface area contributed by atoms with Gasteiger partial charge in [0, 0.05) is 17.2 Å². The van der Waals surface area contributed by atoms with Crippen molar-refractivity contribution in [1.29, 1.82) is 0 Å². The van der Waals surface area contributed by atoms with Crippen molar-refractivity contribution < 1.29 is 4.92 Å². The lowest BCUT2D eigenvalue weighted by atomic mass is 10.1. The number of hydrogen-bond acceptors (Lipinski definition) is 5. The maximum absolute atomic E-state index is 11.0. The molecule has 0 bridgehead atoms. The highest BCUT2D eigenvalue weighted by molar-refractivity contribution is 7.71. The lowest BCUT2D eigenvalue weighted by Gasteiger charge is -2.02. The van der Waals surface area contributed by atoms with Crippen molar-refractivity contribution in [2.24, 2.45) is 5.10 Å².